The molecule has 1 N–H and O–H groups in total. The van der Waals surface area contributed by atoms with Crippen molar-refractivity contribution < 1.29 is 22.7 Å². The van der Waals surface area contributed by atoms with Crippen LogP contribution in [0.25, 0.3) is 6.08 Å². The number of thioether (sulfide) groups is 1. The molecule has 0 aromatic heterocycles. The summed E-state index contributed by atoms with van der Waals surface area (Å²) in [4.78, 5) is 16.3. The summed E-state index contributed by atoms with van der Waals surface area (Å²) >= 11 is 0.751. The molecule has 2 heterocycles. The monoisotopic (exact) mass is 498 g/mol. The Labute approximate surface area is 201 Å². The van der Waals surface area contributed by atoms with Gasteiger partial charge in [0.1, 0.15) is 24.7 Å². The average molecular weight is 499 g/mol. The topological polar surface area (TPSA) is 121 Å². The summed E-state index contributed by atoms with van der Waals surface area (Å²) < 4.78 is 34.9. The number of hydrogen-bond acceptors (Lipinski definition) is 8. The van der Waals surface area contributed by atoms with E-state index in [-0.39, 0.29) is 21.0 Å². The number of hydrazone groups is 1. The third-order valence-corrected chi connectivity index (χ3v) is 7.53. The lowest BCUT2D eigenvalue weighted by atomic mass is 10.1. The van der Waals surface area contributed by atoms with Gasteiger partial charge in [-0.25, -0.2) is 8.42 Å². The molecule has 0 fully saturated rings. The number of carbonyl (C=O) groups is 1. The minimum Gasteiger partial charge on any atom is -0.490 e. The summed E-state index contributed by atoms with van der Waals surface area (Å²) in [5.41, 5.74) is 2.81. The van der Waals surface area contributed by atoms with E-state index in [1.807, 2.05) is 32.0 Å². The summed E-state index contributed by atoms with van der Waals surface area (Å²) in [6.07, 6.45) is 2.52. The molecule has 1 amide bonds. The summed E-state index contributed by atoms with van der Waals surface area (Å²) in [5, 5.41) is 13.3. The van der Waals surface area contributed by atoms with Crippen molar-refractivity contribution in [2.75, 3.05) is 19.5 Å². The van der Waals surface area contributed by atoms with Gasteiger partial charge in [-0.1, -0.05) is 30.3 Å². The fourth-order valence-electron chi connectivity index (χ4n) is 3.28. The quantitative estimate of drug-likeness (QED) is 0.479. The second-order valence-electron chi connectivity index (χ2n) is 7.64. The number of nitrogens with one attached hydrogen (secondary N) is 1. The van der Waals surface area contributed by atoms with Crippen molar-refractivity contribution >= 4 is 49.0 Å². The normalized spacial score (nSPS) is 16.9. The minimum atomic E-state index is -3.57. The fraction of sp³-hybridized carbons (Fsp3) is 0.217. The maximum atomic E-state index is 12.4. The van der Waals surface area contributed by atoms with Crippen LogP contribution in [0.4, 0.5) is 0 Å². The molecule has 0 aliphatic carbocycles. The zero-order chi connectivity index (χ0) is 24.5. The second kappa shape index (κ2) is 9.43. The zero-order valence-electron chi connectivity index (χ0n) is 18.7. The molecule has 0 saturated heterocycles. The van der Waals surface area contributed by atoms with E-state index in [1.165, 1.54) is 6.08 Å². The standard InChI is InChI=1S/C23H22N4O5S2/c1-14-5-4-6-15(2)19(14)32-12-11-31-17-9-7-16(8-10-17)13-18-20(24)27-22(25-21(18)28)33-23(26-27)34(3,29)30/h4-10,13,24H,11-12H2,1-3H3/b18-13-,24-20?. The number of amidine groups is 2. The molecular weight excluding hydrogens is 476 g/mol. The van der Waals surface area contributed by atoms with Gasteiger partial charge in [-0.2, -0.15) is 10.0 Å². The number of hydrogen-bond donors (Lipinski definition) is 1. The van der Waals surface area contributed by atoms with E-state index >= 15 is 0 Å². The van der Waals surface area contributed by atoms with Gasteiger partial charge < -0.3 is 9.47 Å². The molecule has 0 radical (unpaired) electrons. The Morgan fingerprint density at radius 3 is 2.35 bits per heavy atom. The van der Waals surface area contributed by atoms with E-state index in [4.69, 9.17) is 14.9 Å². The first-order valence-corrected chi connectivity index (χ1v) is 13.0. The number of carbonyl (C=O) groups excluding carboxylic acids is 1. The lowest BCUT2D eigenvalue weighted by molar-refractivity contribution is -0.114. The summed E-state index contributed by atoms with van der Waals surface area (Å²) in [6.45, 7) is 4.76. The predicted molar refractivity (Wildman–Crippen MR) is 133 cm³/mol. The van der Waals surface area contributed by atoms with Crippen LogP contribution in [0.1, 0.15) is 16.7 Å². The number of ether oxygens (including phenoxy) is 2. The van der Waals surface area contributed by atoms with Crippen molar-refractivity contribution in [3.05, 3.63) is 64.7 Å². The lowest BCUT2D eigenvalue weighted by Crippen LogP contribution is -2.35. The molecule has 2 aromatic rings. The van der Waals surface area contributed by atoms with Crippen molar-refractivity contribution in [2.45, 2.75) is 13.8 Å². The van der Waals surface area contributed by atoms with Crippen molar-refractivity contribution in [1.82, 2.24) is 5.01 Å². The first-order valence-electron chi connectivity index (χ1n) is 10.3. The molecule has 2 aliphatic heterocycles. The van der Waals surface area contributed by atoms with Crippen LogP contribution in [0.2, 0.25) is 0 Å². The maximum Gasteiger partial charge on any atom is 0.283 e. The Morgan fingerprint density at radius 2 is 1.71 bits per heavy atom. The van der Waals surface area contributed by atoms with Crippen molar-refractivity contribution in [3.8, 4) is 11.5 Å². The summed E-state index contributed by atoms with van der Waals surface area (Å²) in [6, 6.07) is 13.0. The Balaban J connectivity index is 1.39. The third-order valence-electron chi connectivity index (χ3n) is 4.95. The molecule has 4 rings (SSSR count). The molecule has 0 saturated carbocycles. The number of aliphatic imine (C=N–C) groups is 1. The highest BCUT2D eigenvalue weighted by Crippen LogP contribution is 2.30. The van der Waals surface area contributed by atoms with Gasteiger partial charge in [0.2, 0.25) is 19.4 Å². The number of fused-ring (bicyclic) bond motifs is 1. The third kappa shape index (κ3) is 5.05. The first-order chi connectivity index (χ1) is 16.1. The highest BCUT2D eigenvalue weighted by Gasteiger charge is 2.38. The Kier molecular flexibility index (Phi) is 6.58. The molecule has 176 valence electrons. The SMILES string of the molecule is Cc1cccc(C)c1OCCOc1ccc(/C=C2/C(=N)N3N=C(S(C)(=O)=O)SC3=NC2=O)cc1. The van der Waals surface area contributed by atoms with Gasteiger partial charge >= 0.3 is 0 Å². The van der Waals surface area contributed by atoms with Crippen LogP contribution in [-0.2, 0) is 14.6 Å². The van der Waals surface area contributed by atoms with E-state index < -0.39 is 15.7 Å². The molecule has 0 bridgehead atoms. The van der Waals surface area contributed by atoms with Gasteiger partial charge in [-0.3, -0.25) is 10.2 Å². The highest BCUT2D eigenvalue weighted by molar-refractivity contribution is 8.42. The van der Waals surface area contributed by atoms with Gasteiger partial charge in [-0.15, -0.1) is 5.10 Å². The first kappa shape index (κ1) is 23.7. The second-order valence-corrected chi connectivity index (χ2v) is 10.8. The molecule has 0 unspecified atom stereocenters. The molecule has 0 atom stereocenters. The molecule has 2 aromatic carbocycles. The van der Waals surface area contributed by atoms with Crippen molar-refractivity contribution in [1.29, 1.82) is 5.41 Å². The van der Waals surface area contributed by atoms with Crippen LogP contribution in [-0.4, -0.2) is 54.2 Å². The van der Waals surface area contributed by atoms with Gasteiger partial charge in [0.25, 0.3) is 5.91 Å². The van der Waals surface area contributed by atoms with Crippen molar-refractivity contribution in [3.63, 3.8) is 0 Å². The number of amides is 1. The van der Waals surface area contributed by atoms with Crippen LogP contribution in [0.3, 0.4) is 0 Å². The lowest BCUT2D eigenvalue weighted by Gasteiger charge is -2.20. The average Bonchev–Trinajstić information content (AvgIpc) is 3.21. The van der Waals surface area contributed by atoms with E-state index in [1.54, 1.807) is 24.3 Å². The number of rotatable bonds is 6. The van der Waals surface area contributed by atoms with Gasteiger partial charge in [0.15, 0.2) is 5.84 Å². The zero-order valence-corrected chi connectivity index (χ0v) is 20.4. The van der Waals surface area contributed by atoms with Gasteiger partial charge in [0.05, 0.1) is 5.57 Å². The highest BCUT2D eigenvalue weighted by atomic mass is 32.3. The minimum absolute atomic E-state index is 0.0125. The maximum absolute atomic E-state index is 12.4. The Morgan fingerprint density at radius 1 is 1.06 bits per heavy atom. The number of sulfone groups is 1. The van der Waals surface area contributed by atoms with Crippen LogP contribution in [0.15, 0.2) is 58.1 Å². The van der Waals surface area contributed by atoms with Crippen LogP contribution in [0.5, 0.6) is 11.5 Å². The molecule has 11 heteroatoms. The number of nitrogens with zero attached hydrogens (tertiary/aromatic N) is 3. The molecule has 34 heavy (non-hydrogen) atoms. The van der Waals surface area contributed by atoms with Gasteiger partial charge in [0, 0.05) is 6.26 Å². The van der Waals surface area contributed by atoms with Crippen LogP contribution >= 0.6 is 11.8 Å². The summed E-state index contributed by atoms with van der Waals surface area (Å²) in [5.74, 6) is 0.640. The predicted octanol–water partition coefficient (Wildman–Crippen LogP) is 3.38. The van der Waals surface area contributed by atoms with Gasteiger partial charge in [-0.05, 0) is 60.5 Å². The van der Waals surface area contributed by atoms with Crippen molar-refractivity contribution in [2.24, 2.45) is 10.1 Å². The Bertz CT molecular complexity index is 1340. The van der Waals surface area contributed by atoms with Crippen LogP contribution < -0.4 is 9.47 Å². The molecular formula is C23H22N4O5S2. The fourth-order valence-corrected chi connectivity index (χ4v) is 4.97. The largest absolute Gasteiger partial charge is 0.490 e. The number of para-hydroxylation sites is 1. The van der Waals surface area contributed by atoms with E-state index in [0.29, 0.717) is 24.5 Å². The summed E-state index contributed by atoms with van der Waals surface area (Å²) in [7, 11) is -3.57. The molecule has 0 spiro atoms. The van der Waals surface area contributed by atoms with E-state index in [9.17, 15) is 13.2 Å². The van der Waals surface area contributed by atoms with E-state index in [2.05, 4.69) is 10.1 Å². The smallest absolute Gasteiger partial charge is 0.283 e. The molecule has 2 aliphatic rings. The number of benzene rings is 2. The number of aryl methyl sites for hydroxylation is 2. The van der Waals surface area contributed by atoms with Crippen LogP contribution in [0, 0.1) is 19.3 Å². The van der Waals surface area contributed by atoms with E-state index in [0.717, 1.165) is 39.9 Å². The molecule has 9 nitrogen and oxygen atoms in total. The Hall–Kier alpha value is -3.44.